The Morgan fingerprint density at radius 1 is 1.16 bits per heavy atom. The fraction of sp³-hybridized carbons (Fsp3) is 0.190. The number of rotatable bonds is 6. The number of nitrogens with one attached hydrogen (secondary N) is 3. The number of fused-ring (bicyclic) bond motifs is 1. The Morgan fingerprint density at radius 3 is 2.72 bits per heavy atom. The number of carbonyl (C=O) groups is 1. The van der Waals surface area contributed by atoms with Crippen LogP contribution in [0, 0.1) is 0 Å². The largest absolute Gasteiger partial charge is 0.482 e. The van der Waals surface area contributed by atoms with Crippen molar-refractivity contribution in [2.24, 2.45) is 0 Å². The maximum absolute atomic E-state index is 12.7. The molecule has 1 amide bonds. The molecule has 1 aromatic heterocycles. The second kappa shape index (κ2) is 8.75. The molecule has 0 fully saturated rings. The quantitative estimate of drug-likeness (QED) is 0.443. The van der Waals surface area contributed by atoms with Crippen LogP contribution in [0.5, 0.6) is 5.75 Å². The molecule has 3 aromatic rings. The van der Waals surface area contributed by atoms with E-state index in [-0.39, 0.29) is 23.4 Å². The van der Waals surface area contributed by atoms with Crippen LogP contribution in [0.25, 0.3) is 0 Å². The van der Waals surface area contributed by atoms with Gasteiger partial charge in [-0.2, -0.15) is 4.98 Å². The Morgan fingerprint density at radius 2 is 1.94 bits per heavy atom. The normalized spacial score (nSPS) is 13.2. The molecule has 0 bridgehead atoms. The SMILES string of the molecule is CC(C)S(=O)(=O)c1ccccc1Nc1nc(Nc2ccc3c(c2)NC(=O)CO3)ncc1Br. The molecule has 0 atom stereocenters. The number of sulfone groups is 1. The predicted molar refractivity (Wildman–Crippen MR) is 126 cm³/mol. The van der Waals surface area contributed by atoms with Crippen LogP contribution in [0.4, 0.5) is 28.8 Å². The van der Waals surface area contributed by atoms with E-state index in [1.54, 1.807) is 62.5 Å². The Bertz CT molecular complexity index is 1300. The average molecular weight is 518 g/mol. The molecule has 2 heterocycles. The molecular weight excluding hydrogens is 498 g/mol. The van der Waals surface area contributed by atoms with E-state index in [4.69, 9.17) is 4.74 Å². The lowest BCUT2D eigenvalue weighted by Crippen LogP contribution is -2.25. The molecule has 1 aliphatic heterocycles. The molecule has 0 unspecified atom stereocenters. The van der Waals surface area contributed by atoms with Crippen molar-refractivity contribution in [2.45, 2.75) is 24.0 Å². The summed E-state index contributed by atoms with van der Waals surface area (Å²) in [6.07, 6.45) is 1.56. The predicted octanol–water partition coefficient (Wildman–Crippen LogP) is 4.24. The van der Waals surface area contributed by atoms with E-state index in [9.17, 15) is 13.2 Å². The van der Waals surface area contributed by atoms with Gasteiger partial charge in [-0.25, -0.2) is 13.4 Å². The van der Waals surface area contributed by atoms with Crippen molar-refractivity contribution in [3.05, 3.63) is 53.1 Å². The van der Waals surface area contributed by atoms with Crippen LogP contribution in [0.15, 0.2) is 58.0 Å². The summed E-state index contributed by atoms with van der Waals surface area (Å²) in [6, 6.07) is 11.9. The first-order valence-electron chi connectivity index (χ1n) is 9.70. The van der Waals surface area contributed by atoms with Gasteiger partial charge in [-0.15, -0.1) is 0 Å². The summed E-state index contributed by atoms with van der Waals surface area (Å²) in [5.41, 5.74) is 1.61. The van der Waals surface area contributed by atoms with Gasteiger partial charge in [-0.05, 0) is 60.1 Å². The highest BCUT2D eigenvalue weighted by Gasteiger charge is 2.23. The van der Waals surface area contributed by atoms with Crippen LogP contribution in [0.1, 0.15) is 13.8 Å². The van der Waals surface area contributed by atoms with E-state index < -0.39 is 15.1 Å². The first-order valence-corrected chi connectivity index (χ1v) is 12.0. The van der Waals surface area contributed by atoms with Gasteiger partial charge in [-0.3, -0.25) is 4.79 Å². The Kier molecular flexibility index (Phi) is 6.02. The number of amides is 1. The monoisotopic (exact) mass is 517 g/mol. The highest BCUT2D eigenvalue weighted by molar-refractivity contribution is 9.10. The molecule has 9 nitrogen and oxygen atoms in total. The van der Waals surface area contributed by atoms with Crippen molar-refractivity contribution in [1.82, 2.24) is 9.97 Å². The summed E-state index contributed by atoms with van der Waals surface area (Å²) in [7, 11) is -3.50. The molecule has 1 aliphatic rings. The second-order valence-corrected chi connectivity index (χ2v) is 10.6. The van der Waals surface area contributed by atoms with Crippen LogP contribution in [0.2, 0.25) is 0 Å². The second-order valence-electron chi connectivity index (χ2n) is 7.28. The van der Waals surface area contributed by atoms with E-state index in [1.807, 2.05) is 0 Å². The Balaban J connectivity index is 1.61. The van der Waals surface area contributed by atoms with Gasteiger partial charge in [0.25, 0.3) is 5.91 Å². The van der Waals surface area contributed by atoms with Crippen LogP contribution < -0.4 is 20.7 Å². The minimum Gasteiger partial charge on any atom is -0.482 e. The first-order chi connectivity index (χ1) is 15.2. The van der Waals surface area contributed by atoms with Crippen LogP contribution in [-0.2, 0) is 14.6 Å². The van der Waals surface area contributed by atoms with Crippen molar-refractivity contribution in [1.29, 1.82) is 0 Å². The van der Waals surface area contributed by atoms with Crippen molar-refractivity contribution in [3.8, 4) is 5.75 Å². The fourth-order valence-corrected chi connectivity index (χ4v) is 4.50. The molecule has 0 saturated heterocycles. The van der Waals surface area contributed by atoms with Gasteiger partial charge in [-0.1, -0.05) is 12.1 Å². The molecule has 2 aromatic carbocycles. The highest BCUT2D eigenvalue weighted by Crippen LogP contribution is 2.33. The maximum atomic E-state index is 12.7. The molecule has 32 heavy (non-hydrogen) atoms. The zero-order valence-corrected chi connectivity index (χ0v) is 19.6. The van der Waals surface area contributed by atoms with Gasteiger partial charge in [0.1, 0.15) is 11.6 Å². The van der Waals surface area contributed by atoms with Crippen LogP contribution >= 0.6 is 15.9 Å². The molecule has 166 valence electrons. The molecular formula is C21H20BrN5O4S. The first kappa shape index (κ1) is 22.0. The standard InChI is InChI=1S/C21H20BrN5O4S/c1-12(2)32(29,30)18-6-4-3-5-15(18)26-20-14(22)10-23-21(27-20)24-13-7-8-17-16(9-13)25-19(28)11-31-17/h3-10,12H,11H2,1-2H3,(H,25,28)(H2,23,24,26,27). The molecule has 0 spiro atoms. The van der Waals surface area contributed by atoms with Crippen LogP contribution in [-0.4, -0.2) is 36.1 Å². The lowest BCUT2D eigenvalue weighted by Gasteiger charge is -2.19. The number of aromatic nitrogens is 2. The topological polar surface area (TPSA) is 122 Å². The highest BCUT2D eigenvalue weighted by atomic mass is 79.9. The van der Waals surface area contributed by atoms with Crippen LogP contribution in [0.3, 0.4) is 0 Å². The number of carbonyl (C=O) groups excluding carboxylic acids is 1. The minimum atomic E-state index is -3.50. The van der Waals surface area contributed by atoms with Crippen molar-refractivity contribution in [2.75, 3.05) is 22.6 Å². The number of anilines is 5. The van der Waals surface area contributed by atoms with Crippen molar-refractivity contribution in [3.63, 3.8) is 0 Å². The smallest absolute Gasteiger partial charge is 0.262 e. The number of para-hydroxylation sites is 1. The maximum Gasteiger partial charge on any atom is 0.262 e. The molecule has 0 saturated carbocycles. The van der Waals surface area contributed by atoms with Gasteiger partial charge in [0.15, 0.2) is 16.4 Å². The number of nitrogens with zero attached hydrogens (tertiary/aromatic N) is 2. The molecule has 4 rings (SSSR count). The zero-order chi connectivity index (χ0) is 22.9. The summed E-state index contributed by atoms with van der Waals surface area (Å²) in [5.74, 6) is 1.03. The summed E-state index contributed by atoms with van der Waals surface area (Å²) in [4.78, 5) is 20.5. The molecule has 0 radical (unpaired) electrons. The van der Waals surface area contributed by atoms with E-state index in [2.05, 4.69) is 41.8 Å². The van der Waals surface area contributed by atoms with Gasteiger partial charge in [0.05, 0.1) is 26.0 Å². The number of benzene rings is 2. The van der Waals surface area contributed by atoms with Crippen molar-refractivity contribution < 1.29 is 17.9 Å². The molecule has 0 aliphatic carbocycles. The third-order valence-corrected chi connectivity index (χ3v) is 7.47. The summed E-state index contributed by atoms with van der Waals surface area (Å²) in [5, 5.41) is 8.35. The minimum absolute atomic E-state index is 0.0152. The Hall–Kier alpha value is -3.18. The van der Waals surface area contributed by atoms with Gasteiger partial charge >= 0.3 is 0 Å². The van der Waals surface area contributed by atoms with E-state index in [1.165, 1.54) is 0 Å². The third-order valence-electron chi connectivity index (χ3n) is 4.68. The van der Waals surface area contributed by atoms with E-state index >= 15 is 0 Å². The van der Waals surface area contributed by atoms with E-state index in [0.717, 1.165) is 0 Å². The summed E-state index contributed by atoms with van der Waals surface area (Å²) >= 11 is 3.40. The molecule has 3 N–H and O–H groups in total. The van der Waals surface area contributed by atoms with Crippen molar-refractivity contribution >= 4 is 60.5 Å². The average Bonchev–Trinajstić information content (AvgIpc) is 2.76. The number of hydrogen-bond donors (Lipinski definition) is 3. The van der Waals surface area contributed by atoms with E-state index in [0.29, 0.717) is 33.1 Å². The number of ether oxygens (including phenoxy) is 1. The Labute approximate surface area is 193 Å². The number of halogens is 1. The summed E-state index contributed by atoms with van der Waals surface area (Å²) in [6.45, 7) is 3.26. The van der Waals surface area contributed by atoms with Gasteiger partial charge in [0.2, 0.25) is 5.95 Å². The zero-order valence-electron chi connectivity index (χ0n) is 17.2. The third kappa shape index (κ3) is 4.53. The van der Waals surface area contributed by atoms with Gasteiger partial charge < -0.3 is 20.7 Å². The molecule has 11 heteroatoms. The lowest BCUT2D eigenvalue weighted by atomic mass is 10.2. The van der Waals surface area contributed by atoms with Gasteiger partial charge in [0, 0.05) is 11.9 Å². The fourth-order valence-electron chi connectivity index (χ4n) is 3.00. The summed E-state index contributed by atoms with van der Waals surface area (Å²) < 4.78 is 31.4. The lowest BCUT2D eigenvalue weighted by molar-refractivity contribution is -0.118. The number of hydrogen-bond acceptors (Lipinski definition) is 8.